The van der Waals surface area contributed by atoms with Crippen LogP contribution in [0.15, 0.2) is 68.5 Å². The Balaban J connectivity index is 1.36. The minimum Gasteiger partial charge on any atom is -0.479 e. The van der Waals surface area contributed by atoms with Crippen molar-refractivity contribution in [3.8, 4) is 11.1 Å². The van der Waals surface area contributed by atoms with Crippen LogP contribution in [0.1, 0.15) is 71.8 Å². The van der Waals surface area contributed by atoms with Crippen LogP contribution in [0, 0.1) is 5.92 Å². The number of hydrogen-bond donors (Lipinski definition) is 3. The molecule has 3 amide bonds. The van der Waals surface area contributed by atoms with E-state index in [9.17, 15) is 29.1 Å². The molecular weight excluding hydrogens is 695 g/mol. The Kier molecular flexibility index (Phi) is 10.6. The highest BCUT2D eigenvalue weighted by molar-refractivity contribution is 7.99. The number of carboxylic acids is 1. The number of nitrogens with zero attached hydrogens (tertiary/aromatic N) is 5. The predicted octanol–water partition coefficient (Wildman–Crippen LogP) is 4.43. The minimum absolute atomic E-state index is 0.00277. The van der Waals surface area contributed by atoms with Crippen LogP contribution in [0.5, 0.6) is 0 Å². The van der Waals surface area contributed by atoms with Crippen molar-refractivity contribution in [1.29, 1.82) is 0 Å². The van der Waals surface area contributed by atoms with Gasteiger partial charge in [-0.2, -0.15) is 16.4 Å². The zero-order chi connectivity index (χ0) is 36.3. The van der Waals surface area contributed by atoms with E-state index in [0.717, 1.165) is 19.3 Å². The smallest absolute Gasteiger partial charge is 0.408 e. The van der Waals surface area contributed by atoms with E-state index in [2.05, 4.69) is 25.7 Å². The summed E-state index contributed by atoms with van der Waals surface area (Å²) in [5.74, 6) is -2.70. The number of ether oxygens (including phenoxy) is 1. The molecule has 0 spiro atoms. The lowest BCUT2D eigenvalue weighted by atomic mass is 10.0. The summed E-state index contributed by atoms with van der Waals surface area (Å²) in [6.07, 6.45) is 11.2. The average Bonchev–Trinajstić information content (AvgIpc) is 3.38. The molecule has 51 heavy (non-hydrogen) atoms. The fourth-order valence-electron chi connectivity index (χ4n) is 6.60. The lowest BCUT2D eigenvalue weighted by molar-refractivity contribution is -0.145. The van der Waals surface area contributed by atoms with Gasteiger partial charge in [-0.05, 0) is 86.7 Å². The Labute approximate surface area is 303 Å². The Morgan fingerprint density at radius 1 is 1.16 bits per heavy atom. The van der Waals surface area contributed by atoms with Crippen LogP contribution in [0.4, 0.5) is 4.79 Å². The number of nitrogens with one attached hydrogen (secondary N) is 2. The Morgan fingerprint density at radius 2 is 1.94 bits per heavy atom. The van der Waals surface area contributed by atoms with Gasteiger partial charge in [0.05, 0.1) is 17.8 Å². The highest BCUT2D eigenvalue weighted by Gasteiger charge is 2.61. The van der Waals surface area contributed by atoms with Crippen molar-refractivity contribution < 1.29 is 29.0 Å². The van der Waals surface area contributed by atoms with Crippen LogP contribution in [0.2, 0.25) is 0 Å². The van der Waals surface area contributed by atoms with E-state index >= 15 is 0 Å². The van der Waals surface area contributed by atoms with E-state index in [0.29, 0.717) is 34.0 Å². The number of carbonyl (C=O) groups is 4. The summed E-state index contributed by atoms with van der Waals surface area (Å²) in [5.41, 5.74) is -1.66. The summed E-state index contributed by atoms with van der Waals surface area (Å²) in [6.45, 7) is 5.09. The zero-order valence-corrected chi connectivity index (χ0v) is 30.2. The Bertz CT molecular complexity index is 1860. The van der Waals surface area contributed by atoms with E-state index in [1.807, 2.05) is 29.0 Å². The van der Waals surface area contributed by atoms with E-state index in [1.54, 1.807) is 45.4 Å². The van der Waals surface area contributed by atoms with Crippen LogP contribution >= 0.6 is 23.1 Å². The highest BCUT2D eigenvalue weighted by Crippen LogP contribution is 2.45. The molecule has 3 aromatic rings. The summed E-state index contributed by atoms with van der Waals surface area (Å²) in [6, 6.07) is 0.629. The summed E-state index contributed by atoms with van der Waals surface area (Å²) in [7, 11) is 0. The van der Waals surface area contributed by atoms with E-state index in [1.165, 1.54) is 32.7 Å². The third-order valence-corrected chi connectivity index (χ3v) is 10.8. The number of carboxylic acid groups (broad SMARTS) is 1. The van der Waals surface area contributed by atoms with Crippen LogP contribution in [0.25, 0.3) is 11.1 Å². The van der Waals surface area contributed by atoms with E-state index in [-0.39, 0.29) is 25.3 Å². The third kappa shape index (κ3) is 8.17. The molecule has 2 aliphatic heterocycles. The summed E-state index contributed by atoms with van der Waals surface area (Å²) in [4.78, 5) is 78.7. The van der Waals surface area contributed by atoms with E-state index < -0.39 is 58.7 Å². The second kappa shape index (κ2) is 15.0. The molecule has 270 valence electrons. The Morgan fingerprint density at radius 3 is 2.65 bits per heavy atom. The first kappa shape index (κ1) is 36.2. The number of thiophene rings is 1. The number of amides is 3. The summed E-state index contributed by atoms with van der Waals surface area (Å²) < 4.78 is 6.77. The quantitative estimate of drug-likeness (QED) is 0.240. The maximum atomic E-state index is 14.4. The van der Waals surface area contributed by atoms with Gasteiger partial charge in [0.15, 0.2) is 5.16 Å². The first-order valence-corrected chi connectivity index (χ1v) is 18.7. The molecular formula is C35H41N7O7S2. The van der Waals surface area contributed by atoms with Crippen molar-refractivity contribution in [3.63, 3.8) is 0 Å². The second-order valence-electron chi connectivity index (χ2n) is 14.0. The number of aromatic nitrogens is 4. The maximum Gasteiger partial charge on any atom is 0.408 e. The molecule has 3 N–H and O–H groups in total. The molecule has 1 aliphatic carbocycles. The van der Waals surface area contributed by atoms with Gasteiger partial charge in [0.1, 0.15) is 23.2 Å². The molecule has 0 radical (unpaired) electrons. The van der Waals surface area contributed by atoms with Gasteiger partial charge in [0.2, 0.25) is 11.8 Å². The number of alkyl carbamates (subject to hydrolysis) is 1. The topological polar surface area (TPSA) is 186 Å². The predicted molar refractivity (Wildman–Crippen MR) is 189 cm³/mol. The van der Waals surface area contributed by atoms with Gasteiger partial charge < -0.3 is 25.4 Å². The third-order valence-electron chi connectivity index (χ3n) is 9.20. The fraction of sp³-hybridized carbons (Fsp3) is 0.486. The molecule has 5 atom stereocenters. The lowest BCUT2D eigenvalue weighted by Gasteiger charge is -2.30. The van der Waals surface area contributed by atoms with Crippen molar-refractivity contribution in [1.82, 2.24) is 35.3 Å². The second-order valence-corrected chi connectivity index (χ2v) is 15.8. The molecule has 1 saturated carbocycles. The molecule has 1 saturated heterocycles. The van der Waals surface area contributed by atoms with Gasteiger partial charge in [-0.25, -0.2) is 24.2 Å². The highest BCUT2D eigenvalue weighted by atomic mass is 32.2. The van der Waals surface area contributed by atoms with Crippen molar-refractivity contribution in [3.05, 3.63) is 64.0 Å². The fourth-order valence-corrected chi connectivity index (χ4v) is 8.08. The van der Waals surface area contributed by atoms with Crippen molar-refractivity contribution in [2.45, 2.75) is 105 Å². The molecule has 0 bridgehead atoms. The van der Waals surface area contributed by atoms with Crippen molar-refractivity contribution in [2.24, 2.45) is 5.92 Å². The molecule has 2 fully saturated rings. The average molecular weight is 736 g/mol. The van der Waals surface area contributed by atoms with Crippen LogP contribution in [-0.2, 0) is 19.1 Å². The van der Waals surface area contributed by atoms with Gasteiger partial charge in [-0.1, -0.05) is 25.0 Å². The normalized spacial score (nSPS) is 25.5. The molecule has 6 rings (SSSR count). The van der Waals surface area contributed by atoms with Crippen LogP contribution in [0.3, 0.4) is 0 Å². The monoisotopic (exact) mass is 735 g/mol. The van der Waals surface area contributed by atoms with Crippen LogP contribution < -0.4 is 16.2 Å². The summed E-state index contributed by atoms with van der Waals surface area (Å²) in [5, 5.41) is 24.3. The van der Waals surface area contributed by atoms with Gasteiger partial charge in [-0.15, -0.1) is 0 Å². The molecule has 3 aliphatic rings. The van der Waals surface area contributed by atoms with Gasteiger partial charge in [-0.3, -0.25) is 14.4 Å². The standard InChI is InChI=1S/C35H41N7O7S2/c1-34(2,3)49-33(48)39-24-11-8-6-4-5-7-10-22-17-35(22,31(46)47)40-28(43)25-16-23(19-41(25)29(24)44)42-30(45)27(21-12-15-50-20-21)26(18-38-42)51-32-36-13-9-14-37-32/h7,9-10,12-15,18,20,22-25H,4-6,8,11,16-17,19H2,1-3H3,(H,39,48)(H,40,43)(H,46,47)/t22?,23-,24+,25+,35-/m1/s1. The number of hydrogen-bond acceptors (Lipinski definition) is 11. The molecule has 0 aromatic carbocycles. The minimum atomic E-state index is -1.49. The van der Waals surface area contributed by atoms with Crippen molar-refractivity contribution >= 4 is 47.0 Å². The van der Waals surface area contributed by atoms with Gasteiger partial charge >= 0.3 is 12.1 Å². The molecule has 1 unspecified atom stereocenters. The van der Waals surface area contributed by atoms with E-state index in [4.69, 9.17) is 4.74 Å². The number of allylic oxidation sites excluding steroid dienone is 1. The largest absolute Gasteiger partial charge is 0.479 e. The number of fused-ring (bicyclic) bond motifs is 2. The zero-order valence-electron chi connectivity index (χ0n) is 28.6. The number of aliphatic carboxylic acids is 1. The molecule has 14 nitrogen and oxygen atoms in total. The number of carbonyl (C=O) groups excluding carboxylic acids is 3. The SMILES string of the molecule is CC(C)(C)OC(=O)N[C@H]1CCCCCC=CC2C[C@@]2(C(=O)O)NC(=O)[C@@H]2C[C@@H](n3ncc(Sc4ncccn4)c(-c4ccsc4)c3=O)CN2C1=O. The lowest BCUT2D eigenvalue weighted by Crippen LogP contribution is -2.56. The Hall–Kier alpha value is -4.57. The first-order chi connectivity index (χ1) is 24.4. The molecule has 3 aromatic heterocycles. The summed E-state index contributed by atoms with van der Waals surface area (Å²) >= 11 is 2.63. The van der Waals surface area contributed by atoms with Gasteiger partial charge in [0, 0.05) is 36.2 Å². The van der Waals surface area contributed by atoms with Crippen molar-refractivity contribution in [2.75, 3.05) is 6.54 Å². The molecule has 5 heterocycles. The maximum absolute atomic E-state index is 14.4. The molecule has 16 heteroatoms. The number of rotatable bonds is 6. The first-order valence-electron chi connectivity index (χ1n) is 17.0. The van der Waals surface area contributed by atoms with Crippen LogP contribution in [-0.4, -0.2) is 83.4 Å². The van der Waals surface area contributed by atoms with Gasteiger partial charge in [0.25, 0.3) is 5.56 Å².